The number of aromatic nitrogens is 1. The maximum Gasteiger partial charge on any atom is 0.255 e. The van der Waals surface area contributed by atoms with Crippen molar-refractivity contribution in [1.29, 1.82) is 0 Å². The van der Waals surface area contributed by atoms with Gasteiger partial charge in [0, 0.05) is 38.4 Å². The molecule has 1 aliphatic rings. The fourth-order valence-electron chi connectivity index (χ4n) is 3.93. The molecule has 3 aromatic rings. The summed E-state index contributed by atoms with van der Waals surface area (Å²) in [5.41, 5.74) is 2.86. The largest absolute Gasteiger partial charge is 0.497 e. The number of nitrogens with zero attached hydrogens (tertiary/aromatic N) is 3. The topological polar surface area (TPSA) is 57.4 Å². The molecule has 152 valence electrons. The van der Waals surface area contributed by atoms with Crippen molar-refractivity contribution in [3.8, 4) is 5.75 Å². The monoisotopic (exact) mass is 393 g/mol. The number of aliphatic hydroxyl groups excluding tert-OH is 1. The second-order valence-corrected chi connectivity index (χ2v) is 7.66. The Morgan fingerprint density at radius 1 is 1.17 bits per heavy atom. The smallest absolute Gasteiger partial charge is 0.255 e. The second kappa shape index (κ2) is 8.17. The van der Waals surface area contributed by atoms with Gasteiger partial charge >= 0.3 is 0 Å². The number of methoxy groups -OCH3 is 1. The molecule has 0 unspecified atom stereocenters. The molecule has 0 radical (unpaired) electrons. The third-order valence-corrected chi connectivity index (χ3v) is 5.53. The highest BCUT2D eigenvalue weighted by atomic mass is 16.5. The first-order chi connectivity index (χ1) is 14.0. The number of likely N-dealkylation sites (tertiary alicyclic amines) is 1. The number of pyridine rings is 1. The minimum atomic E-state index is -0.422. The van der Waals surface area contributed by atoms with Crippen LogP contribution in [0.2, 0.25) is 0 Å². The van der Waals surface area contributed by atoms with Crippen LogP contribution < -0.4 is 9.64 Å². The molecule has 1 fully saturated rings. The molecular weight excluding hydrogens is 366 g/mol. The van der Waals surface area contributed by atoms with Crippen LogP contribution in [0.5, 0.6) is 5.75 Å². The molecule has 1 aromatic carbocycles. The summed E-state index contributed by atoms with van der Waals surface area (Å²) in [6.45, 7) is 1.85. The Labute approximate surface area is 170 Å². The van der Waals surface area contributed by atoms with Crippen molar-refractivity contribution >= 4 is 17.2 Å². The standard InChI is InChI=1S/C23H27N3O3/c1-24(14-17-5-10-21(29-2)11-6-17)22-12-9-19-8-7-18(15-26(19)22)23(28)25-13-3-4-20(27)16-25/h5-12,15,20,27H,3-4,13-14,16H2,1-2H3/t20-/m1/s1. The minimum absolute atomic E-state index is 0.0249. The first-order valence-electron chi connectivity index (χ1n) is 9.97. The highest BCUT2D eigenvalue weighted by molar-refractivity contribution is 5.94. The zero-order valence-corrected chi connectivity index (χ0v) is 16.9. The Kier molecular flexibility index (Phi) is 5.45. The van der Waals surface area contributed by atoms with E-state index < -0.39 is 6.10 Å². The average molecular weight is 393 g/mol. The zero-order valence-electron chi connectivity index (χ0n) is 16.9. The van der Waals surface area contributed by atoms with Crippen LogP contribution >= 0.6 is 0 Å². The predicted octanol–water partition coefficient (Wildman–Crippen LogP) is 3.18. The van der Waals surface area contributed by atoms with Crippen molar-refractivity contribution in [3.63, 3.8) is 0 Å². The summed E-state index contributed by atoms with van der Waals surface area (Å²) in [7, 11) is 3.71. The molecule has 1 saturated heterocycles. The van der Waals surface area contributed by atoms with Gasteiger partial charge in [-0.25, -0.2) is 0 Å². The Morgan fingerprint density at radius 2 is 1.93 bits per heavy atom. The number of ether oxygens (including phenoxy) is 1. The molecule has 29 heavy (non-hydrogen) atoms. The maximum absolute atomic E-state index is 12.9. The Hall–Kier alpha value is -2.99. The average Bonchev–Trinajstić information content (AvgIpc) is 3.17. The van der Waals surface area contributed by atoms with Crippen LogP contribution in [0, 0.1) is 0 Å². The van der Waals surface area contributed by atoms with E-state index in [-0.39, 0.29) is 5.91 Å². The van der Waals surface area contributed by atoms with Crippen LogP contribution in [-0.4, -0.2) is 53.7 Å². The van der Waals surface area contributed by atoms with E-state index in [0.29, 0.717) is 18.7 Å². The predicted molar refractivity (Wildman–Crippen MR) is 114 cm³/mol. The number of rotatable bonds is 5. The zero-order chi connectivity index (χ0) is 20.4. The first-order valence-corrected chi connectivity index (χ1v) is 9.97. The third-order valence-electron chi connectivity index (χ3n) is 5.53. The Balaban J connectivity index is 1.56. The Bertz CT molecular complexity index is 996. The van der Waals surface area contributed by atoms with E-state index in [1.165, 1.54) is 5.56 Å². The summed E-state index contributed by atoms with van der Waals surface area (Å²) in [6, 6.07) is 16.0. The van der Waals surface area contributed by atoms with Crippen LogP contribution in [0.25, 0.3) is 5.52 Å². The van der Waals surface area contributed by atoms with E-state index in [9.17, 15) is 9.90 Å². The molecule has 6 heteroatoms. The maximum atomic E-state index is 12.9. The van der Waals surface area contributed by atoms with Gasteiger partial charge in [-0.2, -0.15) is 0 Å². The number of fused-ring (bicyclic) bond motifs is 1. The lowest BCUT2D eigenvalue weighted by Gasteiger charge is -2.30. The lowest BCUT2D eigenvalue weighted by molar-refractivity contribution is 0.0473. The lowest BCUT2D eigenvalue weighted by Crippen LogP contribution is -2.42. The summed E-state index contributed by atoms with van der Waals surface area (Å²) in [4.78, 5) is 16.8. The summed E-state index contributed by atoms with van der Waals surface area (Å²) in [6.07, 6.45) is 3.09. The number of carbonyl (C=O) groups is 1. The van der Waals surface area contributed by atoms with Gasteiger partial charge in [0.05, 0.1) is 18.8 Å². The molecule has 4 rings (SSSR count). The van der Waals surface area contributed by atoms with Gasteiger partial charge in [0.1, 0.15) is 11.6 Å². The molecule has 0 bridgehead atoms. The molecule has 2 aromatic heterocycles. The van der Waals surface area contributed by atoms with Gasteiger partial charge in [-0.3, -0.25) is 4.79 Å². The molecule has 1 amide bonds. The van der Waals surface area contributed by atoms with E-state index >= 15 is 0 Å². The van der Waals surface area contributed by atoms with Gasteiger partial charge in [0.15, 0.2) is 0 Å². The molecule has 1 aliphatic heterocycles. The molecule has 0 saturated carbocycles. The van der Waals surface area contributed by atoms with Crippen molar-refractivity contribution in [2.75, 3.05) is 32.1 Å². The summed E-state index contributed by atoms with van der Waals surface area (Å²) in [5, 5.41) is 9.89. The van der Waals surface area contributed by atoms with Gasteiger partial charge in [0.25, 0.3) is 5.91 Å². The number of anilines is 1. The summed E-state index contributed by atoms with van der Waals surface area (Å²) >= 11 is 0. The summed E-state index contributed by atoms with van der Waals surface area (Å²) in [5.74, 6) is 1.84. The quantitative estimate of drug-likeness (QED) is 0.723. The normalized spacial score (nSPS) is 16.8. The number of hydrogen-bond donors (Lipinski definition) is 1. The SMILES string of the molecule is COc1ccc(CN(C)c2ccc3ccc(C(=O)N4CCC[C@@H](O)C4)cn23)cc1. The van der Waals surface area contributed by atoms with E-state index in [0.717, 1.165) is 36.5 Å². The molecular formula is C23H27N3O3. The van der Waals surface area contributed by atoms with Crippen molar-refractivity contribution in [3.05, 3.63) is 65.9 Å². The van der Waals surface area contributed by atoms with E-state index in [2.05, 4.69) is 33.6 Å². The fraction of sp³-hybridized carbons (Fsp3) is 0.348. The van der Waals surface area contributed by atoms with Crippen LogP contribution in [0.3, 0.4) is 0 Å². The van der Waals surface area contributed by atoms with Gasteiger partial charge in [-0.15, -0.1) is 0 Å². The third kappa shape index (κ3) is 4.07. The number of aliphatic hydroxyl groups is 1. The van der Waals surface area contributed by atoms with Gasteiger partial charge < -0.3 is 24.0 Å². The first kappa shape index (κ1) is 19.3. The van der Waals surface area contributed by atoms with Gasteiger partial charge in [-0.05, 0) is 54.8 Å². The van der Waals surface area contributed by atoms with Crippen molar-refractivity contribution in [1.82, 2.24) is 9.30 Å². The van der Waals surface area contributed by atoms with Gasteiger partial charge in [-0.1, -0.05) is 12.1 Å². The number of amides is 1. The van der Waals surface area contributed by atoms with Crippen molar-refractivity contribution in [2.45, 2.75) is 25.5 Å². The van der Waals surface area contributed by atoms with Crippen LogP contribution in [0.15, 0.2) is 54.7 Å². The number of benzene rings is 1. The highest BCUT2D eigenvalue weighted by Gasteiger charge is 2.23. The van der Waals surface area contributed by atoms with E-state index in [4.69, 9.17) is 4.74 Å². The number of β-amino-alcohol motifs (C(OH)–C–C–N with tert-alkyl or cyclic N) is 1. The van der Waals surface area contributed by atoms with Crippen LogP contribution in [-0.2, 0) is 6.54 Å². The molecule has 1 N–H and O–H groups in total. The molecule has 3 heterocycles. The number of hydrogen-bond acceptors (Lipinski definition) is 4. The number of piperidine rings is 1. The van der Waals surface area contributed by atoms with Crippen molar-refractivity contribution < 1.29 is 14.6 Å². The van der Waals surface area contributed by atoms with Crippen molar-refractivity contribution in [2.24, 2.45) is 0 Å². The van der Waals surface area contributed by atoms with E-state index in [1.807, 2.05) is 37.5 Å². The number of carbonyl (C=O) groups excluding carboxylic acids is 1. The molecule has 0 spiro atoms. The van der Waals surface area contributed by atoms with Crippen LogP contribution in [0.4, 0.5) is 5.82 Å². The fourth-order valence-corrected chi connectivity index (χ4v) is 3.93. The summed E-state index contributed by atoms with van der Waals surface area (Å²) < 4.78 is 7.28. The molecule has 6 nitrogen and oxygen atoms in total. The second-order valence-electron chi connectivity index (χ2n) is 7.66. The molecule has 0 aliphatic carbocycles. The minimum Gasteiger partial charge on any atom is -0.497 e. The lowest BCUT2D eigenvalue weighted by atomic mass is 10.1. The van der Waals surface area contributed by atoms with E-state index in [1.54, 1.807) is 12.0 Å². The Morgan fingerprint density at radius 3 is 2.66 bits per heavy atom. The molecule has 1 atom stereocenters. The highest BCUT2D eigenvalue weighted by Crippen LogP contribution is 2.23. The van der Waals surface area contributed by atoms with Gasteiger partial charge in [0.2, 0.25) is 0 Å². The van der Waals surface area contributed by atoms with Crippen LogP contribution in [0.1, 0.15) is 28.8 Å².